The highest BCUT2D eigenvalue weighted by Crippen LogP contribution is 2.28. The van der Waals surface area contributed by atoms with Gasteiger partial charge in [-0.05, 0) is 75.0 Å². The summed E-state index contributed by atoms with van der Waals surface area (Å²) in [4.78, 5) is 53.2. The molecule has 0 radical (unpaired) electrons. The van der Waals surface area contributed by atoms with Gasteiger partial charge in [0.25, 0.3) is 0 Å². The maximum absolute atomic E-state index is 14.2. The first-order chi connectivity index (χ1) is 23.2. The number of carbonyl (C=O) groups is 4. The third-order valence-electron chi connectivity index (χ3n) is 8.56. The van der Waals surface area contributed by atoms with Gasteiger partial charge in [-0.1, -0.05) is 105 Å². The van der Waals surface area contributed by atoms with Gasteiger partial charge < -0.3 is 20.9 Å². The second-order valence-corrected chi connectivity index (χ2v) is 14.6. The number of Topliss-reactive ketones (excluding diaryl/α,β-unsaturated/α-hetero) is 1. The lowest BCUT2D eigenvalue weighted by Crippen LogP contribution is -2.48. The fourth-order valence-corrected chi connectivity index (χ4v) is 6.19. The van der Waals surface area contributed by atoms with Gasteiger partial charge in [-0.15, -0.1) is 0 Å². The van der Waals surface area contributed by atoms with Gasteiger partial charge in [0.15, 0.2) is 0 Å². The van der Waals surface area contributed by atoms with Gasteiger partial charge in [-0.3, -0.25) is 19.2 Å². The number of ether oxygens (including phenoxy) is 1. The van der Waals surface area contributed by atoms with E-state index in [1.165, 1.54) is 0 Å². The number of aliphatic hydroxyl groups excluding tert-OH is 1. The van der Waals surface area contributed by atoms with Crippen molar-refractivity contribution in [2.45, 2.75) is 97.3 Å². The first kappa shape index (κ1) is 39.1. The minimum atomic E-state index is -0.993. The van der Waals surface area contributed by atoms with Gasteiger partial charge in [0.2, 0.25) is 11.8 Å². The van der Waals surface area contributed by atoms with Crippen molar-refractivity contribution in [3.8, 4) is 0 Å². The summed E-state index contributed by atoms with van der Waals surface area (Å²) in [5.74, 6) is -3.31. The number of primary amides is 1. The maximum atomic E-state index is 14.2. The highest BCUT2D eigenvalue weighted by Gasteiger charge is 2.33. The van der Waals surface area contributed by atoms with Crippen LogP contribution in [0.4, 0.5) is 0 Å². The lowest BCUT2D eigenvalue weighted by molar-refractivity contribution is -0.157. The van der Waals surface area contributed by atoms with E-state index >= 15 is 0 Å². The summed E-state index contributed by atoms with van der Waals surface area (Å²) in [6.07, 6.45) is 0.540. The molecule has 3 aromatic carbocycles. The Hall–Kier alpha value is -4.30. The van der Waals surface area contributed by atoms with Gasteiger partial charge in [-0.2, -0.15) is 0 Å². The largest absolute Gasteiger partial charge is 0.460 e. The van der Waals surface area contributed by atoms with Crippen LogP contribution in [0.3, 0.4) is 0 Å². The summed E-state index contributed by atoms with van der Waals surface area (Å²) in [5.41, 5.74) is 7.78. The molecule has 0 aliphatic carbocycles. The first-order valence-electron chi connectivity index (χ1n) is 17.3. The average molecular weight is 671 g/mol. The number of ketones is 1. The van der Waals surface area contributed by atoms with Gasteiger partial charge in [0.05, 0.1) is 12.5 Å². The molecule has 0 aliphatic heterocycles. The minimum absolute atomic E-state index is 0.00607. The molecule has 2 amide bonds. The van der Waals surface area contributed by atoms with Crippen LogP contribution in [0, 0.1) is 23.7 Å². The Labute approximate surface area is 291 Å². The van der Waals surface area contributed by atoms with Crippen LogP contribution in [-0.4, -0.2) is 46.4 Å². The number of aliphatic hydroxyl groups is 1. The predicted molar refractivity (Wildman–Crippen MR) is 192 cm³/mol. The van der Waals surface area contributed by atoms with E-state index in [-0.39, 0.29) is 37.4 Å². The van der Waals surface area contributed by atoms with Gasteiger partial charge in [0, 0.05) is 24.7 Å². The molecule has 0 aromatic heterocycles. The standard InChI is InChI=1S/C41H54N2O6/c1-28(2)21-34(40(48)43-35(39(42)47)24-31-19-13-8-14-20-31)26-37(45)32(22-29-15-9-6-10-16-29)25-36(44)33(23-30-17-11-7-12-18-30)27-38(46)49-41(3,4)5/h6-20,28,32-36,44H,21-27H2,1-5H3,(H2,42,47)(H,43,48). The van der Waals surface area contributed by atoms with Crippen LogP contribution in [0.5, 0.6) is 0 Å². The van der Waals surface area contributed by atoms with Crippen LogP contribution in [0.15, 0.2) is 91.0 Å². The Morgan fingerprint density at radius 1 is 0.714 bits per heavy atom. The van der Waals surface area contributed by atoms with Crippen LogP contribution in [0.2, 0.25) is 0 Å². The third kappa shape index (κ3) is 14.4. The SMILES string of the molecule is CC(C)CC(CC(=O)C(Cc1ccccc1)CC(O)C(CC(=O)OC(C)(C)C)Cc1ccccc1)C(=O)NC(Cc1ccccc1)C(N)=O. The number of rotatable bonds is 19. The molecule has 0 saturated heterocycles. The average Bonchev–Trinajstić information content (AvgIpc) is 3.03. The Kier molecular flexibility index (Phi) is 15.2. The summed E-state index contributed by atoms with van der Waals surface area (Å²) in [6.45, 7) is 9.38. The fraction of sp³-hybridized carbons (Fsp3) is 0.463. The summed E-state index contributed by atoms with van der Waals surface area (Å²) < 4.78 is 5.61. The van der Waals surface area contributed by atoms with Gasteiger partial charge in [0.1, 0.15) is 17.4 Å². The Balaban J connectivity index is 1.85. The number of nitrogens with one attached hydrogen (secondary N) is 1. The quantitative estimate of drug-likeness (QED) is 0.134. The molecule has 3 aromatic rings. The number of hydrogen-bond acceptors (Lipinski definition) is 6. The number of carbonyl (C=O) groups excluding carboxylic acids is 4. The highest BCUT2D eigenvalue weighted by molar-refractivity contribution is 5.91. The molecule has 0 spiro atoms. The Morgan fingerprint density at radius 3 is 1.67 bits per heavy atom. The molecule has 8 nitrogen and oxygen atoms in total. The second kappa shape index (κ2) is 19.0. The van der Waals surface area contributed by atoms with E-state index < -0.39 is 53.3 Å². The van der Waals surface area contributed by atoms with Crippen molar-refractivity contribution in [1.82, 2.24) is 5.32 Å². The Bertz CT molecular complexity index is 1470. The normalized spacial score (nSPS) is 14.7. The van der Waals surface area contributed by atoms with Crippen molar-refractivity contribution >= 4 is 23.6 Å². The van der Waals surface area contributed by atoms with Crippen molar-refractivity contribution in [2.24, 2.45) is 29.4 Å². The summed E-state index contributed by atoms with van der Waals surface area (Å²) >= 11 is 0. The predicted octanol–water partition coefficient (Wildman–Crippen LogP) is 6.02. The molecule has 4 N–H and O–H groups in total. The van der Waals surface area contributed by atoms with E-state index in [0.29, 0.717) is 19.3 Å². The van der Waals surface area contributed by atoms with Crippen LogP contribution in [0.25, 0.3) is 0 Å². The van der Waals surface area contributed by atoms with Crippen molar-refractivity contribution in [3.05, 3.63) is 108 Å². The second-order valence-electron chi connectivity index (χ2n) is 14.6. The van der Waals surface area contributed by atoms with Crippen molar-refractivity contribution in [3.63, 3.8) is 0 Å². The molecule has 0 aliphatic rings. The molecule has 49 heavy (non-hydrogen) atoms. The van der Waals surface area contributed by atoms with Crippen LogP contribution >= 0.6 is 0 Å². The third-order valence-corrected chi connectivity index (χ3v) is 8.56. The monoisotopic (exact) mass is 670 g/mol. The lowest BCUT2D eigenvalue weighted by Gasteiger charge is -2.29. The maximum Gasteiger partial charge on any atom is 0.306 e. The zero-order chi connectivity index (χ0) is 36.0. The zero-order valence-electron chi connectivity index (χ0n) is 29.6. The van der Waals surface area contributed by atoms with Gasteiger partial charge in [-0.25, -0.2) is 0 Å². The molecule has 0 fully saturated rings. The van der Waals surface area contributed by atoms with E-state index in [4.69, 9.17) is 10.5 Å². The molecule has 0 saturated carbocycles. The van der Waals surface area contributed by atoms with E-state index in [9.17, 15) is 24.3 Å². The van der Waals surface area contributed by atoms with Crippen molar-refractivity contribution in [2.75, 3.05) is 0 Å². The summed E-state index contributed by atoms with van der Waals surface area (Å²) in [5, 5.41) is 14.6. The molecule has 264 valence electrons. The van der Waals surface area contributed by atoms with Crippen LogP contribution in [-0.2, 0) is 43.2 Å². The number of hydrogen-bond donors (Lipinski definition) is 3. The number of amides is 2. The number of benzene rings is 3. The molecule has 5 unspecified atom stereocenters. The molecule has 0 heterocycles. The summed E-state index contributed by atoms with van der Waals surface area (Å²) in [7, 11) is 0. The van der Waals surface area contributed by atoms with E-state index in [0.717, 1.165) is 16.7 Å². The number of nitrogens with two attached hydrogens (primary N) is 1. The van der Waals surface area contributed by atoms with E-state index in [1.807, 2.05) is 105 Å². The topological polar surface area (TPSA) is 136 Å². The lowest BCUT2D eigenvalue weighted by atomic mass is 9.80. The first-order valence-corrected chi connectivity index (χ1v) is 17.3. The molecular formula is C41H54N2O6. The highest BCUT2D eigenvalue weighted by atomic mass is 16.6. The number of esters is 1. The smallest absolute Gasteiger partial charge is 0.306 e. The van der Waals surface area contributed by atoms with Gasteiger partial charge >= 0.3 is 5.97 Å². The van der Waals surface area contributed by atoms with E-state index in [1.54, 1.807) is 20.8 Å². The Morgan fingerprint density at radius 2 is 1.20 bits per heavy atom. The molecule has 0 bridgehead atoms. The van der Waals surface area contributed by atoms with Crippen molar-refractivity contribution < 1.29 is 29.0 Å². The molecule has 5 atom stereocenters. The van der Waals surface area contributed by atoms with Crippen LogP contribution in [0.1, 0.15) is 77.0 Å². The molecular weight excluding hydrogens is 616 g/mol. The molecule has 8 heteroatoms. The van der Waals surface area contributed by atoms with Crippen LogP contribution < -0.4 is 11.1 Å². The fourth-order valence-electron chi connectivity index (χ4n) is 6.19. The minimum Gasteiger partial charge on any atom is -0.460 e. The molecule has 3 rings (SSSR count). The van der Waals surface area contributed by atoms with E-state index in [2.05, 4.69) is 5.32 Å². The summed E-state index contributed by atoms with van der Waals surface area (Å²) in [6, 6.07) is 27.6. The zero-order valence-corrected chi connectivity index (χ0v) is 29.6. The van der Waals surface area contributed by atoms with Crippen molar-refractivity contribution in [1.29, 1.82) is 0 Å².